The molecule has 2 fully saturated rings. The second-order valence-corrected chi connectivity index (χ2v) is 4.69. The van der Waals surface area contributed by atoms with Gasteiger partial charge in [-0.15, -0.1) is 0 Å². The zero-order chi connectivity index (χ0) is 9.15. The van der Waals surface area contributed by atoms with Crippen molar-refractivity contribution in [2.45, 2.75) is 50.5 Å². The van der Waals surface area contributed by atoms with Crippen molar-refractivity contribution in [1.29, 1.82) is 0 Å². The first-order valence-electron chi connectivity index (χ1n) is 5.69. The van der Waals surface area contributed by atoms with E-state index in [1.807, 2.05) is 0 Å². The maximum atomic E-state index is 5.98. The summed E-state index contributed by atoms with van der Waals surface area (Å²) in [5, 5.41) is 0. The predicted molar refractivity (Wildman–Crippen MR) is 53.5 cm³/mol. The molecule has 1 saturated heterocycles. The average Bonchev–Trinajstić information content (AvgIpc) is 2.19. The molecule has 0 radical (unpaired) electrons. The molecule has 1 atom stereocenters. The van der Waals surface area contributed by atoms with Gasteiger partial charge in [0.25, 0.3) is 0 Å². The van der Waals surface area contributed by atoms with Crippen LogP contribution >= 0.6 is 0 Å². The summed E-state index contributed by atoms with van der Waals surface area (Å²) in [6, 6.07) is 0. The van der Waals surface area contributed by atoms with E-state index < -0.39 is 0 Å². The highest BCUT2D eigenvalue weighted by atomic mass is 16.5. The van der Waals surface area contributed by atoms with E-state index in [-0.39, 0.29) is 5.60 Å². The third-order valence-electron chi connectivity index (χ3n) is 3.69. The fourth-order valence-corrected chi connectivity index (χ4v) is 2.87. The Labute approximate surface area is 80.8 Å². The highest BCUT2D eigenvalue weighted by Gasteiger charge is 2.37. The quantitative estimate of drug-likeness (QED) is 0.675. The van der Waals surface area contributed by atoms with Crippen molar-refractivity contribution in [2.75, 3.05) is 13.2 Å². The SMILES string of the molecule is NCC1CCOC2(CCCCC2)C1. The van der Waals surface area contributed by atoms with Crippen LogP contribution in [0.25, 0.3) is 0 Å². The molecular formula is C11H21NO. The summed E-state index contributed by atoms with van der Waals surface area (Å²) in [7, 11) is 0. The van der Waals surface area contributed by atoms with Gasteiger partial charge in [0.1, 0.15) is 0 Å². The molecule has 1 spiro atoms. The van der Waals surface area contributed by atoms with Crippen molar-refractivity contribution >= 4 is 0 Å². The third-order valence-corrected chi connectivity index (χ3v) is 3.69. The van der Waals surface area contributed by atoms with Gasteiger partial charge in [-0.25, -0.2) is 0 Å². The van der Waals surface area contributed by atoms with Crippen LogP contribution in [0.2, 0.25) is 0 Å². The fraction of sp³-hybridized carbons (Fsp3) is 1.00. The minimum atomic E-state index is 0.251. The zero-order valence-corrected chi connectivity index (χ0v) is 8.43. The van der Waals surface area contributed by atoms with Crippen LogP contribution in [0.15, 0.2) is 0 Å². The maximum absolute atomic E-state index is 5.98. The summed E-state index contributed by atoms with van der Waals surface area (Å²) in [6.07, 6.45) is 9.09. The predicted octanol–water partition coefficient (Wildman–Crippen LogP) is 2.07. The monoisotopic (exact) mass is 183 g/mol. The highest BCUT2D eigenvalue weighted by Crippen LogP contribution is 2.40. The summed E-state index contributed by atoms with van der Waals surface area (Å²) in [4.78, 5) is 0. The molecule has 1 unspecified atom stereocenters. The molecule has 1 aliphatic carbocycles. The molecule has 0 aromatic rings. The average molecular weight is 183 g/mol. The molecule has 2 nitrogen and oxygen atoms in total. The first-order valence-corrected chi connectivity index (χ1v) is 5.69. The van der Waals surface area contributed by atoms with Gasteiger partial charge in [-0.05, 0) is 38.1 Å². The van der Waals surface area contributed by atoms with E-state index in [0.717, 1.165) is 19.1 Å². The van der Waals surface area contributed by atoms with Crippen LogP contribution in [0, 0.1) is 5.92 Å². The Morgan fingerprint density at radius 2 is 2.00 bits per heavy atom. The largest absolute Gasteiger partial charge is 0.375 e. The Morgan fingerprint density at radius 1 is 1.23 bits per heavy atom. The fourth-order valence-electron chi connectivity index (χ4n) is 2.87. The second-order valence-electron chi connectivity index (χ2n) is 4.69. The zero-order valence-electron chi connectivity index (χ0n) is 8.43. The molecular weight excluding hydrogens is 162 g/mol. The molecule has 0 aromatic heterocycles. The first kappa shape index (κ1) is 9.47. The van der Waals surface area contributed by atoms with Gasteiger partial charge in [-0.2, -0.15) is 0 Å². The normalized spacial score (nSPS) is 33.5. The number of hydrogen-bond donors (Lipinski definition) is 1. The van der Waals surface area contributed by atoms with E-state index in [0.29, 0.717) is 0 Å². The molecule has 1 saturated carbocycles. The van der Waals surface area contributed by atoms with E-state index in [9.17, 15) is 0 Å². The lowest BCUT2D eigenvalue weighted by Gasteiger charge is -2.43. The van der Waals surface area contributed by atoms with Gasteiger partial charge in [0.2, 0.25) is 0 Å². The molecule has 0 aromatic carbocycles. The van der Waals surface area contributed by atoms with Gasteiger partial charge in [0.15, 0.2) is 0 Å². The molecule has 2 N–H and O–H groups in total. The molecule has 13 heavy (non-hydrogen) atoms. The molecule has 1 aliphatic heterocycles. The van der Waals surface area contributed by atoms with Gasteiger partial charge in [0, 0.05) is 6.61 Å². The van der Waals surface area contributed by atoms with Gasteiger partial charge < -0.3 is 10.5 Å². The topological polar surface area (TPSA) is 35.2 Å². The van der Waals surface area contributed by atoms with E-state index in [1.54, 1.807) is 0 Å². The Morgan fingerprint density at radius 3 is 2.69 bits per heavy atom. The lowest BCUT2D eigenvalue weighted by molar-refractivity contribution is -0.115. The van der Waals surface area contributed by atoms with Gasteiger partial charge in [-0.3, -0.25) is 0 Å². The van der Waals surface area contributed by atoms with E-state index in [1.165, 1.54) is 44.9 Å². The van der Waals surface area contributed by atoms with Gasteiger partial charge >= 0.3 is 0 Å². The van der Waals surface area contributed by atoms with Crippen molar-refractivity contribution in [2.24, 2.45) is 11.7 Å². The molecule has 2 heteroatoms. The summed E-state index contributed by atoms with van der Waals surface area (Å²) >= 11 is 0. The van der Waals surface area contributed by atoms with Crippen molar-refractivity contribution < 1.29 is 4.74 Å². The van der Waals surface area contributed by atoms with Crippen LogP contribution in [-0.2, 0) is 4.74 Å². The van der Waals surface area contributed by atoms with Crippen molar-refractivity contribution in [3.8, 4) is 0 Å². The molecule has 76 valence electrons. The van der Waals surface area contributed by atoms with Crippen LogP contribution in [0.1, 0.15) is 44.9 Å². The van der Waals surface area contributed by atoms with Crippen molar-refractivity contribution in [3.05, 3.63) is 0 Å². The Kier molecular flexibility index (Phi) is 2.89. The summed E-state index contributed by atoms with van der Waals surface area (Å²) < 4.78 is 5.98. The van der Waals surface area contributed by atoms with E-state index in [2.05, 4.69) is 0 Å². The minimum Gasteiger partial charge on any atom is -0.375 e. The lowest BCUT2D eigenvalue weighted by atomic mass is 9.76. The summed E-state index contributed by atoms with van der Waals surface area (Å²) in [6.45, 7) is 1.80. The number of ether oxygens (including phenoxy) is 1. The summed E-state index contributed by atoms with van der Waals surface area (Å²) in [5.74, 6) is 0.729. The number of rotatable bonds is 1. The van der Waals surface area contributed by atoms with Crippen LogP contribution in [0.4, 0.5) is 0 Å². The second kappa shape index (κ2) is 3.97. The van der Waals surface area contributed by atoms with Crippen LogP contribution in [-0.4, -0.2) is 18.8 Å². The van der Waals surface area contributed by atoms with Crippen LogP contribution in [0.3, 0.4) is 0 Å². The molecule has 1 heterocycles. The lowest BCUT2D eigenvalue weighted by Crippen LogP contribution is -2.43. The number of hydrogen-bond acceptors (Lipinski definition) is 2. The molecule has 2 rings (SSSR count). The molecule has 2 aliphatic rings. The van der Waals surface area contributed by atoms with Gasteiger partial charge in [-0.1, -0.05) is 19.3 Å². The number of nitrogens with two attached hydrogens (primary N) is 1. The maximum Gasteiger partial charge on any atom is 0.0685 e. The molecule has 0 bridgehead atoms. The Hall–Kier alpha value is -0.0800. The molecule has 0 amide bonds. The van der Waals surface area contributed by atoms with Crippen LogP contribution in [0.5, 0.6) is 0 Å². The standard InChI is InChI=1S/C11H21NO/c12-9-10-4-7-13-11(8-10)5-2-1-3-6-11/h10H,1-9,12H2. The van der Waals surface area contributed by atoms with E-state index in [4.69, 9.17) is 10.5 Å². The van der Waals surface area contributed by atoms with Crippen molar-refractivity contribution in [1.82, 2.24) is 0 Å². The summed E-state index contributed by atoms with van der Waals surface area (Å²) in [5.41, 5.74) is 5.99. The first-order chi connectivity index (χ1) is 6.35. The minimum absolute atomic E-state index is 0.251. The van der Waals surface area contributed by atoms with Gasteiger partial charge in [0.05, 0.1) is 5.60 Å². The Bertz CT molecular complexity index is 158. The third kappa shape index (κ3) is 2.05. The van der Waals surface area contributed by atoms with E-state index >= 15 is 0 Å². The van der Waals surface area contributed by atoms with Crippen LogP contribution < -0.4 is 5.73 Å². The smallest absolute Gasteiger partial charge is 0.0685 e. The Balaban J connectivity index is 1.95. The van der Waals surface area contributed by atoms with Crippen molar-refractivity contribution in [3.63, 3.8) is 0 Å². The highest BCUT2D eigenvalue weighted by molar-refractivity contribution is 4.89.